The Balaban J connectivity index is 6.49. The summed E-state index contributed by atoms with van der Waals surface area (Å²) in [5.41, 5.74) is 0. The zero-order valence-corrected chi connectivity index (χ0v) is 20.2. The predicted octanol–water partition coefficient (Wildman–Crippen LogP) is 8.28. The first-order chi connectivity index (χ1) is 19.8. The molecule has 0 radical (unpaired) electrons. The summed E-state index contributed by atoms with van der Waals surface area (Å²) in [6.45, 7) is -2.82. The van der Waals surface area contributed by atoms with Gasteiger partial charge in [0.1, 0.15) is 0 Å². The topological polar surface area (TPSA) is 57.2 Å². The van der Waals surface area contributed by atoms with E-state index in [4.69, 9.17) is 5.11 Å². The average Bonchev–Trinajstić information content (AvgIpc) is 2.74. The number of hydrogen-bond acceptors (Lipinski definition) is 5. The molecule has 0 heterocycles. The highest BCUT2D eigenvalue weighted by atomic mass is 19.4. The smallest absolute Gasteiger partial charge is 0.329 e. The van der Waals surface area contributed by atoms with Crippen molar-refractivity contribution in [1.82, 2.24) is 0 Å². The van der Waals surface area contributed by atoms with Crippen LogP contribution in [0.2, 0.25) is 0 Å². The Morgan fingerprint density at radius 3 is 0.851 bits per heavy atom. The summed E-state index contributed by atoms with van der Waals surface area (Å²) in [6.07, 6.45) is -66.1. The van der Waals surface area contributed by atoms with Gasteiger partial charge in [0.25, 0.3) is 0 Å². The number of hydrogen-bond donors (Lipinski definition) is 1. The third-order valence-electron chi connectivity index (χ3n) is 4.48. The minimum Gasteiger partial charge on any atom is -0.329 e. The van der Waals surface area contributed by atoms with Gasteiger partial charge in [-0.2, -0.15) is 105 Å². The second-order valence-electron chi connectivity index (χ2n) is 7.99. The van der Waals surface area contributed by atoms with Crippen LogP contribution >= 0.6 is 0 Å². The van der Waals surface area contributed by atoms with Crippen LogP contribution in [0.5, 0.6) is 0 Å². The molecule has 0 fully saturated rings. The Bertz CT molecular complexity index is 1070. The molecule has 1 N–H and O–H groups in total. The van der Waals surface area contributed by atoms with Gasteiger partial charge in [-0.05, 0) is 0 Å². The third kappa shape index (κ3) is 8.38. The fourth-order valence-corrected chi connectivity index (χ4v) is 2.09. The Hall–Kier alpha value is -2.09. The molecule has 0 aliphatic rings. The Morgan fingerprint density at radius 2 is 0.596 bits per heavy atom. The van der Waals surface area contributed by atoms with Crippen LogP contribution in [0.4, 0.5) is 119 Å². The van der Waals surface area contributed by atoms with Crippen LogP contribution in [-0.2, 0) is 18.9 Å². The van der Waals surface area contributed by atoms with Crippen molar-refractivity contribution in [3.05, 3.63) is 0 Å². The molecule has 32 heteroatoms. The van der Waals surface area contributed by atoms with E-state index in [-0.39, 0.29) is 0 Å². The molecular formula is C15H5F27O5. The van der Waals surface area contributed by atoms with Crippen molar-refractivity contribution >= 4 is 0 Å². The van der Waals surface area contributed by atoms with Crippen molar-refractivity contribution in [3.8, 4) is 0 Å². The standard InChI is InChI=1S/C15H5F27O5/c16-3(17,1-2-44-15(40,41)42)4(18,19)5(20,21)9(28,29)46-13(36,37)14(38,39)47-11(32,33)7(24,25)6(22,23)10(30,31)45-12(34,35)8(26,27)43/h43H,1-2H2. The van der Waals surface area contributed by atoms with Gasteiger partial charge in [0.15, 0.2) is 0 Å². The molecule has 0 aliphatic heterocycles. The molecule has 0 saturated carbocycles. The zero-order chi connectivity index (χ0) is 38.7. The first-order valence-corrected chi connectivity index (χ1v) is 9.90. The van der Waals surface area contributed by atoms with Gasteiger partial charge in [0.2, 0.25) is 0 Å². The SMILES string of the molecule is OC(F)(F)C(F)(F)OC(F)(F)C(F)(F)C(F)(F)C(F)(F)OC(F)(F)C(F)(F)OC(F)(F)C(F)(F)C(F)(F)C(F)(F)CCOC(F)(F)F. The number of ether oxygens (including phenoxy) is 4. The van der Waals surface area contributed by atoms with Crippen LogP contribution in [-0.4, -0.2) is 90.4 Å². The maximum Gasteiger partial charge on any atom is 0.522 e. The molecule has 0 aromatic carbocycles. The second-order valence-corrected chi connectivity index (χ2v) is 7.99. The summed E-state index contributed by atoms with van der Waals surface area (Å²) in [6, 6.07) is 0. The summed E-state index contributed by atoms with van der Waals surface area (Å²) in [4.78, 5) is 0. The first-order valence-electron chi connectivity index (χ1n) is 9.90. The summed E-state index contributed by atoms with van der Waals surface area (Å²) in [7, 11) is 0. The summed E-state index contributed by atoms with van der Waals surface area (Å²) in [5, 5.41) is 7.50. The largest absolute Gasteiger partial charge is 0.522 e. The summed E-state index contributed by atoms with van der Waals surface area (Å²) < 4.78 is 358. The quantitative estimate of drug-likeness (QED) is 0.151. The zero-order valence-electron chi connectivity index (χ0n) is 20.2. The fourth-order valence-electron chi connectivity index (χ4n) is 2.09. The third-order valence-corrected chi connectivity index (χ3v) is 4.48. The van der Waals surface area contributed by atoms with Crippen LogP contribution in [0, 0.1) is 0 Å². The van der Waals surface area contributed by atoms with Gasteiger partial charge in [0.05, 0.1) is 6.61 Å². The molecule has 0 saturated heterocycles. The van der Waals surface area contributed by atoms with Gasteiger partial charge in [-0.1, -0.05) is 0 Å². The minimum atomic E-state index is -8.82. The maximum atomic E-state index is 13.5. The molecule has 284 valence electrons. The molecule has 47 heavy (non-hydrogen) atoms. The first kappa shape index (κ1) is 44.9. The van der Waals surface area contributed by atoms with E-state index < -0.39 is 91.8 Å². The lowest BCUT2D eigenvalue weighted by Gasteiger charge is -2.40. The van der Waals surface area contributed by atoms with Crippen molar-refractivity contribution in [1.29, 1.82) is 0 Å². The maximum absolute atomic E-state index is 13.5. The normalized spacial score (nSPS) is 16.6. The number of rotatable bonds is 17. The van der Waals surface area contributed by atoms with E-state index in [0.717, 1.165) is 14.2 Å². The van der Waals surface area contributed by atoms with Crippen LogP contribution in [0.25, 0.3) is 0 Å². The summed E-state index contributed by atoms with van der Waals surface area (Å²) >= 11 is 0. The molecule has 0 aromatic heterocycles. The van der Waals surface area contributed by atoms with Gasteiger partial charge in [0, 0.05) is 6.42 Å². The van der Waals surface area contributed by atoms with E-state index in [2.05, 4.69) is 4.74 Å². The van der Waals surface area contributed by atoms with E-state index in [0.29, 0.717) is 0 Å². The Morgan fingerprint density at radius 1 is 0.340 bits per heavy atom. The molecule has 0 unspecified atom stereocenters. The predicted molar refractivity (Wildman–Crippen MR) is 81.5 cm³/mol. The average molecular weight is 778 g/mol. The molecule has 0 amide bonds. The summed E-state index contributed by atoms with van der Waals surface area (Å²) in [5.74, 6) is -40.9. The lowest BCUT2D eigenvalue weighted by molar-refractivity contribution is -0.565. The molecule has 5 nitrogen and oxygen atoms in total. The second kappa shape index (κ2) is 12.1. The molecule has 0 rings (SSSR count). The van der Waals surface area contributed by atoms with Gasteiger partial charge < -0.3 is 5.11 Å². The van der Waals surface area contributed by atoms with Gasteiger partial charge >= 0.3 is 78.7 Å². The molecule has 0 aliphatic carbocycles. The Labute approximate surface area is 236 Å². The Kier molecular flexibility index (Phi) is 11.5. The van der Waals surface area contributed by atoms with Crippen molar-refractivity contribution in [2.75, 3.05) is 6.61 Å². The molecule has 0 spiro atoms. The molecule has 0 bridgehead atoms. The van der Waals surface area contributed by atoms with Crippen molar-refractivity contribution < 1.29 is 143 Å². The molecular weight excluding hydrogens is 773 g/mol. The lowest BCUT2D eigenvalue weighted by Crippen LogP contribution is -2.68. The highest BCUT2D eigenvalue weighted by Gasteiger charge is 2.88. The van der Waals surface area contributed by atoms with Crippen LogP contribution < -0.4 is 0 Å². The van der Waals surface area contributed by atoms with Crippen molar-refractivity contribution in [3.63, 3.8) is 0 Å². The van der Waals surface area contributed by atoms with E-state index in [1.54, 1.807) is 0 Å². The van der Waals surface area contributed by atoms with E-state index in [1.165, 1.54) is 0 Å². The highest BCUT2D eigenvalue weighted by molar-refractivity contribution is 5.02. The lowest BCUT2D eigenvalue weighted by atomic mass is 10.0. The van der Waals surface area contributed by atoms with Crippen LogP contribution in [0.1, 0.15) is 6.42 Å². The van der Waals surface area contributed by atoms with Crippen molar-refractivity contribution in [2.24, 2.45) is 0 Å². The van der Waals surface area contributed by atoms with Crippen LogP contribution in [0.3, 0.4) is 0 Å². The van der Waals surface area contributed by atoms with Gasteiger partial charge in [-0.3, -0.25) is 4.74 Å². The number of halogens is 27. The fraction of sp³-hybridized carbons (Fsp3) is 1.00. The van der Waals surface area contributed by atoms with E-state index in [1.807, 2.05) is 0 Å². The number of alkyl halides is 27. The molecule has 0 aromatic rings. The van der Waals surface area contributed by atoms with Crippen LogP contribution in [0.15, 0.2) is 0 Å². The van der Waals surface area contributed by atoms with Gasteiger partial charge in [-0.15, -0.1) is 13.2 Å². The monoisotopic (exact) mass is 778 g/mol. The highest BCUT2D eigenvalue weighted by Crippen LogP contribution is 2.59. The van der Waals surface area contributed by atoms with E-state index >= 15 is 0 Å². The molecule has 0 atom stereocenters. The number of aliphatic hydroxyl groups is 1. The van der Waals surface area contributed by atoms with Crippen molar-refractivity contribution in [2.45, 2.75) is 85.2 Å². The van der Waals surface area contributed by atoms with E-state index in [9.17, 15) is 119 Å². The van der Waals surface area contributed by atoms with Gasteiger partial charge in [-0.25, -0.2) is 14.2 Å². The minimum absolute atomic E-state index is 0.948.